The summed E-state index contributed by atoms with van der Waals surface area (Å²) in [4.78, 5) is 54.0. The molecular formula is C42H80O8S2Sn. The van der Waals surface area contributed by atoms with Crippen LogP contribution in [-0.2, 0) is 34.8 Å². The molecule has 0 saturated carbocycles. The molecule has 0 aromatic rings. The van der Waals surface area contributed by atoms with Crippen molar-refractivity contribution >= 4 is 68.3 Å². The first-order valence-electron chi connectivity index (χ1n) is 21.7. The van der Waals surface area contributed by atoms with Crippen LogP contribution in [0.25, 0.3) is 0 Å². The fraction of sp³-hybridized carbons (Fsp3) is 0.905. The molecule has 0 aromatic heterocycles. The Morgan fingerprint density at radius 2 is 0.774 bits per heavy atom. The van der Waals surface area contributed by atoms with Gasteiger partial charge in [-0.15, -0.1) is 0 Å². The summed E-state index contributed by atoms with van der Waals surface area (Å²) in [6, 6.07) is 0. The third-order valence-corrected chi connectivity index (χ3v) is 19.5. The van der Waals surface area contributed by atoms with Crippen molar-refractivity contribution in [1.82, 2.24) is 0 Å². The molecule has 0 rings (SSSR count). The Morgan fingerprint density at radius 3 is 1.09 bits per heavy atom. The van der Waals surface area contributed by atoms with Crippen molar-refractivity contribution < 1.29 is 34.8 Å². The Kier molecular flexibility index (Phi) is 36.6. The van der Waals surface area contributed by atoms with E-state index in [-0.39, 0.29) is 33.6 Å². The van der Waals surface area contributed by atoms with Crippen molar-refractivity contribution in [1.29, 1.82) is 0 Å². The van der Waals surface area contributed by atoms with Crippen LogP contribution in [0.4, 0.5) is 0 Å². The molecule has 0 bridgehead atoms. The van der Waals surface area contributed by atoms with Crippen LogP contribution in [0, 0.1) is 11.8 Å². The van der Waals surface area contributed by atoms with E-state index in [1.807, 2.05) is 13.8 Å². The molecule has 0 fully saturated rings. The van der Waals surface area contributed by atoms with E-state index in [0.717, 1.165) is 64.2 Å². The van der Waals surface area contributed by atoms with Gasteiger partial charge in [0.1, 0.15) is 0 Å². The smallest absolute Gasteiger partial charge is 0.0654 e. The second-order valence-electron chi connectivity index (χ2n) is 14.8. The van der Waals surface area contributed by atoms with Crippen LogP contribution in [0.1, 0.15) is 195 Å². The Bertz CT molecular complexity index is 850. The molecule has 2 atom stereocenters. The summed E-state index contributed by atoms with van der Waals surface area (Å²) in [7, 11) is 0. The fourth-order valence-electron chi connectivity index (χ4n) is 6.39. The van der Waals surface area contributed by atoms with Crippen LogP contribution in [0.5, 0.6) is 0 Å². The molecule has 0 amide bonds. The summed E-state index contributed by atoms with van der Waals surface area (Å²) in [6.45, 7) is 9.11. The maximum absolute atomic E-state index is 14.1. The standard InChI is InChI=1S/2C14H28O2S.2C7H13O2.Sn/c2*1-2-3-4-5-6-7-8-9-10-13(11-12-17)14(15)16;2*1-3-5-6-9-7(8)4-2;/h2*13,17H,2-12H2,1H3,(H,15,16);2*2-6H2,1H3;/q;;;;+2/p-2. The molecule has 0 N–H and O–H groups in total. The molecule has 0 aliphatic rings. The normalized spacial score (nSPS) is 12.6. The summed E-state index contributed by atoms with van der Waals surface area (Å²) in [5.74, 6) is -1.33. The van der Waals surface area contributed by atoms with Crippen LogP contribution < -0.4 is 0 Å². The number of carbonyl (C=O) groups excluding carboxylic acids is 4. The first-order chi connectivity index (χ1) is 25.7. The zero-order valence-electron chi connectivity index (χ0n) is 34.4. The van der Waals surface area contributed by atoms with Crippen LogP contribution in [-0.4, -0.2) is 67.8 Å². The Hall–Kier alpha value is -0.621. The topological polar surface area (TPSA) is 105 Å². The number of rotatable bonds is 38. The summed E-state index contributed by atoms with van der Waals surface area (Å²) in [6.07, 6.45) is 24.3. The van der Waals surface area contributed by atoms with Gasteiger partial charge in [-0.05, 0) is 0 Å². The minimum atomic E-state index is -4.85. The fourth-order valence-corrected chi connectivity index (χ4v) is 15.4. The number of ether oxygens (including phenoxy) is 2. The molecule has 0 aliphatic heterocycles. The molecule has 312 valence electrons. The molecule has 0 aromatic carbocycles. The van der Waals surface area contributed by atoms with Gasteiger partial charge in [0.25, 0.3) is 0 Å². The van der Waals surface area contributed by atoms with E-state index >= 15 is 0 Å². The summed E-state index contributed by atoms with van der Waals surface area (Å²) in [5.41, 5.74) is 0. The molecule has 53 heavy (non-hydrogen) atoms. The summed E-state index contributed by atoms with van der Waals surface area (Å²) in [5, 5.41) is 0. The molecule has 0 aliphatic carbocycles. The average Bonchev–Trinajstić information content (AvgIpc) is 3.14. The van der Waals surface area contributed by atoms with Crippen molar-refractivity contribution in [3.8, 4) is 0 Å². The molecular weight excluding hydrogens is 815 g/mol. The first kappa shape index (κ1) is 52.4. The van der Waals surface area contributed by atoms with Gasteiger partial charge < -0.3 is 0 Å². The van der Waals surface area contributed by atoms with E-state index < -0.39 is 43.1 Å². The second-order valence-corrected chi connectivity index (χ2v) is 25.0. The van der Waals surface area contributed by atoms with Crippen molar-refractivity contribution in [3.63, 3.8) is 0 Å². The predicted molar refractivity (Wildman–Crippen MR) is 227 cm³/mol. The number of carbonyl (C=O) groups is 4. The van der Waals surface area contributed by atoms with E-state index in [0.29, 0.717) is 50.4 Å². The molecule has 0 radical (unpaired) electrons. The van der Waals surface area contributed by atoms with E-state index in [1.54, 1.807) is 0 Å². The zero-order chi connectivity index (χ0) is 39.4. The van der Waals surface area contributed by atoms with Gasteiger partial charge in [-0.25, -0.2) is 0 Å². The van der Waals surface area contributed by atoms with Crippen molar-refractivity contribution in [2.45, 2.75) is 204 Å². The number of unbranched alkanes of at least 4 members (excludes halogenated alkanes) is 16. The van der Waals surface area contributed by atoms with Crippen molar-refractivity contribution in [3.05, 3.63) is 0 Å². The van der Waals surface area contributed by atoms with E-state index in [4.69, 9.17) is 15.6 Å². The molecule has 0 spiro atoms. The van der Waals surface area contributed by atoms with Gasteiger partial charge in [0.15, 0.2) is 0 Å². The van der Waals surface area contributed by atoms with Gasteiger partial charge in [-0.3, -0.25) is 0 Å². The number of esters is 2. The van der Waals surface area contributed by atoms with E-state index in [2.05, 4.69) is 39.1 Å². The van der Waals surface area contributed by atoms with E-state index in [9.17, 15) is 19.2 Å². The van der Waals surface area contributed by atoms with Gasteiger partial charge in [-0.1, -0.05) is 13.8 Å². The third kappa shape index (κ3) is 29.3. The van der Waals surface area contributed by atoms with Crippen LogP contribution in [0.15, 0.2) is 0 Å². The second kappa shape index (κ2) is 37.0. The number of thiol groups is 2. The minimum Gasteiger partial charge on any atom is -0.0654 e. The maximum atomic E-state index is 14.1. The Labute approximate surface area is 341 Å². The molecule has 0 heterocycles. The quantitative estimate of drug-likeness (QED) is 0.0273. The van der Waals surface area contributed by atoms with Gasteiger partial charge in [0, 0.05) is 0 Å². The van der Waals surface area contributed by atoms with Gasteiger partial charge in [0.2, 0.25) is 0 Å². The third-order valence-electron chi connectivity index (χ3n) is 9.95. The monoisotopic (exact) mass is 896 g/mol. The summed E-state index contributed by atoms with van der Waals surface area (Å²) >= 11 is 4.08. The molecule has 2 unspecified atom stereocenters. The van der Waals surface area contributed by atoms with Crippen LogP contribution in [0.3, 0.4) is 0 Å². The van der Waals surface area contributed by atoms with Crippen molar-refractivity contribution in [2.24, 2.45) is 11.8 Å². The van der Waals surface area contributed by atoms with E-state index in [1.165, 1.54) is 64.2 Å². The number of hydrogen-bond acceptors (Lipinski definition) is 10. The summed E-state index contributed by atoms with van der Waals surface area (Å²) < 4.78 is 24.1. The average molecular weight is 896 g/mol. The zero-order valence-corrected chi connectivity index (χ0v) is 39.1. The van der Waals surface area contributed by atoms with Gasteiger partial charge >= 0.3 is 329 Å². The molecule has 8 nitrogen and oxygen atoms in total. The Morgan fingerprint density at radius 1 is 0.453 bits per heavy atom. The molecule has 11 heteroatoms. The van der Waals surface area contributed by atoms with Gasteiger partial charge in [-0.2, -0.15) is 0 Å². The van der Waals surface area contributed by atoms with Crippen LogP contribution >= 0.6 is 25.3 Å². The van der Waals surface area contributed by atoms with Crippen molar-refractivity contribution in [2.75, 3.05) is 24.7 Å². The van der Waals surface area contributed by atoms with Crippen LogP contribution in [0.2, 0.25) is 8.87 Å². The van der Waals surface area contributed by atoms with Gasteiger partial charge in [0.05, 0.1) is 0 Å². The minimum absolute atomic E-state index is 0.0320. The number of hydrogen-bond donors (Lipinski definition) is 2. The molecule has 0 saturated heterocycles. The predicted octanol–water partition coefficient (Wildman–Crippen LogP) is 11.9. The first-order valence-corrected chi connectivity index (χ1v) is 29.3. The Balaban J connectivity index is 6.12. The SMILES string of the molecule is CCCCCCCCCCC(CCS)C(=O)[O][Sn]([CH2]CC(=O)OCCCC)([CH2]CC(=O)OCCCC)[O]C(=O)C(CCS)CCCCCCCCCC.